The lowest BCUT2D eigenvalue weighted by Crippen LogP contribution is -2.24. The summed E-state index contributed by atoms with van der Waals surface area (Å²) in [6.07, 6.45) is 6.06. The lowest BCUT2D eigenvalue weighted by atomic mass is 9.89. The average molecular weight is 307 g/mol. The van der Waals surface area contributed by atoms with Crippen molar-refractivity contribution in [2.24, 2.45) is 7.05 Å². The highest BCUT2D eigenvalue weighted by Crippen LogP contribution is 2.36. The monoisotopic (exact) mass is 307 g/mol. The number of hydrogen-bond acceptors (Lipinski definition) is 3. The quantitative estimate of drug-likeness (QED) is 0.806. The van der Waals surface area contributed by atoms with E-state index in [1.807, 2.05) is 48.5 Å². The number of fused-ring (bicyclic) bond motifs is 1. The second kappa shape index (κ2) is 5.39. The maximum absolute atomic E-state index is 12.1. The van der Waals surface area contributed by atoms with Crippen LogP contribution in [-0.2, 0) is 18.4 Å². The third-order valence-electron chi connectivity index (χ3n) is 4.19. The number of carbonyl (C=O) groups excluding carboxylic acids is 1. The van der Waals surface area contributed by atoms with Gasteiger partial charge >= 0.3 is 0 Å². The van der Waals surface area contributed by atoms with E-state index in [9.17, 15) is 4.79 Å². The van der Waals surface area contributed by atoms with Crippen LogP contribution in [0, 0.1) is 0 Å². The fourth-order valence-electron chi connectivity index (χ4n) is 3.06. The van der Waals surface area contributed by atoms with Crippen LogP contribution in [0.3, 0.4) is 0 Å². The molecule has 3 aromatic rings. The molecular weight excluding hydrogens is 290 g/mol. The number of benzene rings is 1. The van der Waals surface area contributed by atoms with Gasteiger partial charge in [-0.25, -0.2) is 4.68 Å². The molecule has 3 heterocycles. The zero-order valence-electron chi connectivity index (χ0n) is 12.8. The van der Waals surface area contributed by atoms with Gasteiger partial charge in [-0.05, 0) is 11.1 Å². The lowest BCUT2D eigenvalue weighted by molar-refractivity contribution is -0.116. The van der Waals surface area contributed by atoms with Crippen molar-refractivity contribution < 1.29 is 4.79 Å². The molecule has 116 valence electrons. The number of amides is 1. The Morgan fingerprint density at radius 1 is 1.22 bits per heavy atom. The minimum Gasteiger partial charge on any atom is -0.311 e. The molecule has 0 radical (unpaired) electrons. The largest absolute Gasteiger partial charge is 0.311 e. The van der Waals surface area contributed by atoms with Gasteiger partial charge in [0.1, 0.15) is 5.82 Å². The molecule has 0 aliphatic carbocycles. The minimum atomic E-state index is 0.0111. The Bertz CT molecular complexity index is 849. The fraction of sp³-hybridized carbons (Fsp3) is 0.235. The van der Waals surface area contributed by atoms with E-state index < -0.39 is 0 Å². The highest BCUT2D eigenvalue weighted by molar-refractivity contribution is 5.94. The standard InChI is InChI=1S/C17H17N5O/c1-21-11-13(8-18-21)14-7-16(23)20-17-15(14)9-19-22(17)10-12-5-3-2-4-6-12/h2-6,8-9,11,14H,7,10H2,1H3,(H,20,23)/t14-/m1/s1. The molecule has 1 N–H and O–H groups in total. The fourth-order valence-corrected chi connectivity index (χ4v) is 3.06. The van der Waals surface area contributed by atoms with E-state index in [-0.39, 0.29) is 11.8 Å². The van der Waals surface area contributed by atoms with Crippen LogP contribution in [0.25, 0.3) is 0 Å². The van der Waals surface area contributed by atoms with E-state index in [1.165, 1.54) is 0 Å². The first-order chi connectivity index (χ1) is 11.2. The van der Waals surface area contributed by atoms with Crippen molar-refractivity contribution in [2.45, 2.75) is 18.9 Å². The van der Waals surface area contributed by atoms with Crippen molar-refractivity contribution in [3.05, 3.63) is 65.6 Å². The van der Waals surface area contributed by atoms with Gasteiger partial charge in [-0.3, -0.25) is 9.48 Å². The Hall–Kier alpha value is -2.89. The molecule has 1 amide bonds. The number of nitrogens with one attached hydrogen (secondary N) is 1. The minimum absolute atomic E-state index is 0.0111. The predicted molar refractivity (Wildman–Crippen MR) is 86.1 cm³/mol. The summed E-state index contributed by atoms with van der Waals surface area (Å²) < 4.78 is 3.61. The smallest absolute Gasteiger partial charge is 0.226 e. The third-order valence-corrected chi connectivity index (χ3v) is 4.19. The van der Waals surface area contributed by atoms with E-state index in [0.29, 0.717) is 13.0 Å². The molecule has 0 spiro atoms. The van der Waals surface area contributed by atoms with Crippen LogP contribution in [0.5, 0.6) is 0 Å². The Balaban J connectivity index is 1.71. The molecule has 1 atom stereocenters. The molecule has 23 heavy (non-hydrogen) atoms. The van der Waals surface area contributed by atoms with Gasteiger partial charge in [0.2, 0.25) is 5.91 Å². The number of aryl methyl sites for hydroxylation is 1. The number of nitrogens with zero attached hydrogens (tertiary/aromatic N) is 4. The van der Waals surface area contributed by atoms with Gasteiger partial charge in [0, 0.05) is 31.1 Å². The predicted octanol–water partition coefficient (Wildman–Crippen LogP) is 2.14. The van der Waals surface area contributed by atoms with Crippen LogP contribution < -0.4 is 5.32 Å². The lowest BCUT2D eigenvalue weighted by Gasteiger charge is -2.22. The first-order valence-corrected chi connectivity index (χ1v) is 7.59. The molecule has 1 aliphatic heterocycles. The molecule has 0 bridgehead atoms. The maximum atomic E-state index is 12.1. The van der Waals surface area contributed by atoms with Crippen molar-refractivity contribution in [2.75, 3.05) is 5.32 Å². The van der Waals surface area contributed by atoms with E-state index in [0.717, 1.165) is 22.5 Å². The molecule has 0 unspecified atom stereocenters. The molecule has 0 saturated heterocycles. The number of aromatic nitrogens is 4. The van der Waals surface area contributed by atoms with Crippen LogP contribution in [0.1, 0.15) is 29.0 Å². The Labute approximate surface area is 133 Å². The van der Waals surface area contributed by atoms with Crippen molar-refractivity contribution in [1.82, 2.24) is 19.6 Å². The molecule has 0 saturated carbocycles. The van der Waals surface area contributed by atoms with Crippen molar-refractivity contribution in [1.29, 1.82) is 0 Å². The summed E-state index contributed by atoms with van der Waals surface area (Å²) in [5, 5.41) is 11.7. The van der Waals surface area contributed by atoms with Gasteiger partial charge < -0.3 is 5.32 Å². The molecular formula is C17H17N5O. The van der Waals surface area contributed by atoms with Gasteiger partial charge in [-0.1, -0.05) is 30.3 Å². The van der Waals surface area contributed by atoms with E-state index in [4.69, 9.17) is 0 Å². The molecule has 0 fully saturated rings. The topological polar surface area (TPSA) is 64.7 Å². The summed E-state index contributed by atoms with van der Waals surface area (Å²) in [7, 11) is 1.88. The molecule has 2 aromatic heterocycles. The van der Waals surface area contributed by atoms with Crippen LogP contribution in [0.2, 0.25) is 0 Å². The summed E-state index contributed by atoms with van der Waals surface area (Å²) in [5.74, 6) is 0.817. The van der Waals surface area contributed by atoms with Gasteiger partial charge in [0.15, 0.2) is 0 Å². The highest BCUT2D eigenvalue weighted by atomic mass is 16.1. The molecule has 6 nitrogen and oxygen atoms in total. The molecule has 4 rings (SSSR count). The Morgan fingerprint density at radius 3 is 2.78 bits per heavy atom. The van der Waals surface area contributed by atoms with Gasteiger partial charge in [0.05, 0.1) is 18.9 Å². The molecule has 1 aliphatic rings. The summed E-state index contributed by atoms with van der Waals surface area (Å²) >= 11 is 0. The second-order valence-corrected chi connectivity index (χ2v) is 5.84. The van der Waals surface area contributed by atoms with Crippen molar-refractivity contribution in [3.63, 3.8) is 0 Å². The molecule has 6 heteroatoms. The van der Waals surface area contributed by atoms with Crippen LogP contribution >= 0.6 is 0 Å². The number of anilines is 1. The molecule has 1 aromatic carbocycles. The first kappa shape index (κ1) is 13.8. The van der Waals surface area contributed by atoms with Gasteiger partial charge in [-0.2, -0.15) is 10.2 Å². The van der Waals surface area contributed by atoms with Crippen molar-refractivity contribution >= 4 is 11.7 Å². The van der Waals surface area contributed by atoms with Gasteiger partial charge in [-0.15, -0.1) is 0 Å². The summed E-state index contributed by atoms with van der Waals surface area (Å²) in [5.41, 5.74) is 3.24. The third kappa shape index (κ3) is 2.52. The number of rotatable bonds is 3. The zero-order valence-corrected chi connectivity index (χ0v) is 12.8. The maximum Gasteiger partial charge on any atom is 0.226 e. The normalized spacial score (nSPS) is 16.9. The van der Waals surface area contributed by atoms with E-state index >= 15 is 0 Å². The summed E-state index contributed by atoms with van der Waals surface area (Å²) in [4.78, 5) is 12.1. The Kier molecular flexibility index (Phi) is 3.22. The van der Waals surface area contributed by atoms with Crippen LogP contribution in [0.4, 0.5) is 5.82 Å². The van der Waals surface area contributed by atoms with E-state index in [1.54, 1.807) is 4.68 Å². The number of carbonyl (C=O) groups is 1. The average Bonchev–Trinajstić information content (AvgIpc) is 3.15. The van der Waals surface area contributed by atoms with E-state index in [2.05, 4.69) is 27.6 Å². The Morgan fingerprint density at radius 2 is 2.04 bits per heavy atom. The number of hydrogen-bond donors (Lipinski definition) is 1. The van der Waals surface area contributed by atoms with Crippen molar-refractivity contribution in [3.8, 4) is 0 Å². The van der Waals surface area contributed by atoms with Crippen LogP contribution in [0.15, 0.2) is 48.9 Å². The highest BCUT2D eigenvalue weighted by Gasteiger charge is 2.30. The summed E-state index contributed by atoms with van der Waals surface area (Å²) in [6.45, 7) is 0.635. The zero-order chi connectivity index (χ0) is 15.8. The first-order valence-electron chi connectivity index (χ1n) is 7.59. The van der Waals surface area contributed by atoms with Crippen LogP contribution in [-0.4, -0.2) is 25.5 Å². The summed E-state index contributed by atoms with van der Waals surface area (Å²) in [6, 6.07) is 10.1. The second-order valence-electron chi connectivity index (χ2n) is 5.84. The van der Waals surface area contributed by atoms with Gasteiger partial charge in [0.25, 0.3) is 0 Å². The SMILES string of the molecule is Cn1cc([C@H]2CC(=O)Nc3c2cnn3Cc2ccccc2)cn1.